The van der Waals surface area contributed by atoms with Crippen molar-refractivity contribution in [3.05, 3.63) is 18.2 Å². The van der Waals surface area contributed by atoms with Crippen LogP contribution in [0.2, 0.25) is 0 Å². The molecule has 0 spiro atoms. The zero-order valence-corrected chi connectivity index (χ0v) is 8.16. The highest BCUT2D eigenvalue weighted by Gasteiger charge is 2.09. The average Bonchev–Trinajstić information content (AvgIpc) is 2.18. The lowest BCUT2D eigenvalue weighted by Gasteiger charge is -2.11. The van der Waals surface area contributed by atoms with E-state index in [0.29, 0.717) is 23.9 Å². The number of methoxy groups -OCH3 is 2. The van der Waals surface area contributed by atoms with E-state index in [1.807, 2.05) is 25.1 Å². The molecule has 1 aromatic rings. The quantitative estimate of drug-likeness (QED) is 0.713. The minimum atomic E-state index is 0.615. The van der Waals surface area contributed by atoms with Crippen molar-refractivity contribution in [2.75, 3.05) is 20.8 Å². The van der Waals surface area contributed by atoms with E-state index in [1.165, 1.54) is 0 Å². The fourth-order valence-electron chi connectivity index (χ4n) is 1.13. The molecule has 0 amide bonds. The van der Waals surface area contributed by atoms with Crippen LogP contribution in [0.3, 0.4) is 0 Å². The molecule has 0 aliphatic heterocycles. The summed E-state index contributed by atoms with van der Waals surface area (Å²) in [7, 11) is 3.20. The third-order valence-electron chi connectivity index (χ3n) is 1.67. The molecule has 0 aliphatic carbocycles. The summed E-state index contributed by atoms with van der Waals surface area (Å²) in [4.78, 5) is 0. The first-order chi connectivity index (χ1) is 6.33. The summed E-state index contributed by atoms with van der Waals surface area (Å²) < 4.78 is 15.7. The van der Waals surface area contributed by atoms with Crippen LogP contribution in [-0.2, 0) is 0 Å². The van der Waals surface area contributed by atoms with Crippen molar-refractivity contribution < 1.29 is 14.2 Å². The third-order valence-corrected chi connectivity index (χ3v) is 1.67. The van der Waals surface area contributed by atoms with E-state index >= 15 is 0 Å². The molecule has 0 N–H and O–H groups in total. The second-order valence-corrected chi connectivity index (χ2v) is 2.42. The predicted molar refractivity (Wildman–Crippen MR) is 50.7 cm³/mol. The molecule has 0 atom stereocenters. The van der Waals surface area contributed by atoms with Crippen LogP contribution in [0.15, 0.2) is 18.2 Å². The van der Waals surface area contributed by atoms with Gasteiger partial charge in [-0.15, -0.1) is 0 Å². The van der Waals surface area contributed by atoms with Crippen molar-refractivity contribution in [3.63, 3.8) is 0 Å². The predicted octanol–water partition coefficient (Wildman–Crippen LogP) is 2.10. The minimum Gasteiger partial charge on any atom is -0.493 e. The number of para-hydroxylation sites is 1. The van der Waals surface area contributed by atoms with Gasteiger partial charge in [-0.25, -0.2) is 0 Å². The van der Waals surface area contributed by atoms with Gasteiger partial charge in [0.25, 0.3) is 0 Å². The molecule has 0 heterocycles. The molecule has 72 valence electrons. The van der Waals surface area contributed by atoms with Crippen LogP contribution in [-0.4, -0.2) is 20.8 Å². The van der Waals surface area contributed by atoms with Crippen molar-refractivity contribution in [1.29, 1.82) is 0 Å². The molecule has 3 nitrogen and oxygen atoms in total. The van der Waals surface area contributed by atoms with Crippen molar-refractivity contribution in [2.24, 2.45) is 0 Å². The fraction of sp³-hybridized carbons (Fsp3) is 0.400. The zero-order valence-electron chi connectivity index (χ0n) is 8.16. The van der Waals surface area contributed by atoms with Crippen LogP contribution >= 0.6 is 0 Å². The lowest BCUT2D eigenvalue weighted by Crippen LogP contribution is -1.97. The van der Waals surface area contributed by atoms with Gasteiger partial charge in [0.05, 0.1) is 20.8 Å². The maximum atomic E-state index is 5.37. The number of hydrogen-bond acceptors (Lipinski definition) is 3. The van der Waals surface area contributed by atoms with Crippen molar-refractivity contribution in [2.45, 2.75) is 6.92 Å². The normalized spacial score (nSPS) is 9.46. The Morgan fingerprint density at radius 3 is 2.31 bits per heavy atom. The number of benzene rings is 1. The van der Waals surface area contributed by atoms with Gasteiger partial charge in [0.2, 0.25) is 5.75 Å². The van der Waals surface area contributed by atoms with Gasteiger partial charge >= 0.3 is 0 Å². The van der Waals surface area contributed by atoms with Crippen LogP contribution in [0.1, 0.15) is 6.92 Å². The third kappa shape index (κ3) is 2.05. The van der Waals surface area contributed by atoms with Gasteiger partial charge in [-0.3, -0.25) is 0 Å². The molecule has 0 unspecified atom stereocenters. The number of ether oxygens (including phenoxy) is 3. The molecule has 0 radical (unpaired) electrons. The van der Waals surface area contributed by atoms with E-state index in [9.17, 15) is 0 Å². The molecule has 0 saturated carbocycles. The largest absolute Gasteiger partial charge is 0.493 e. The van der Waals surface area contributed by atoms with Crippen molar-refractivity contribution >= 4 is 0 Å². The Balaban J connectivity index is 3.03. The first-order valence-corrected chi connectivity index (χ1v) is 4.17. The van der Waals surface area contributed by atoms with Gasteiger partial charge in [0.1, 0.15) is 0 Å². The average molecular weight is 182 g/mol. The summed E-state index contributed by atoms with van der Waals surface area (Å²) in [6.45, 7) is 2.54. The highest BCUT2D eigenvalue weighted by Crippen LogP contribution is 2.36. The molecule has 0 fully saturated rings. The zero-order chi connectivity index (χ0) is 9.68. The molecule has 13 heavy (non-hydrogen) atoms. The molecule has 0 bridgehead atoms. The van der Waals surface area contributed by atoms with Gasteiger partial charge in [0.15, 0.2) is 11.5 Å². The summed E-state index contributed by atoms with van der Waals surface area (Å²) in [6, 6.07) is 5.55. The second-order valence-electron chi connectivity index (χ2n) is 2.42. The van der Waals surface area contributed by atoms with Crippen LogP contribution in [0.5, 0.6) is 17.2 Å². The number of rotatable bonds is 4. The molecule has 3 heteroatoms. The van der Waals surface area contributed by atoms with Gasteiger partial charge in [-0.2, -0.15) is 0 Å². The van der Waals surface area contributed by atoms with Gasteiger partial charge in [-0.1, -0.05) is 6.07 Å². The maximum Gasteiger partial charge on any atom is 0.203 e. The monoisotopic (exact) mass is 182 g/mol. The van der Waals surface area contributed by atoms with E-state index in [2.05, 4.69) is 0 Å². The van der Waals surface area contributed by atoms with Gasteiger partial charge in [-0.05, 0) is 19.1 Å². The lowest BCUT2D eigenvalue weighted by atomic mass is 10.3. The summed E-state index contributed by atoms with van der Waals surface area (Å²) in [5, 5.41) is 0. The van der Waals surface area contributed by atoms with Gasteiger partial charge in [0, 0.05) is 0 Å². The standard InChI is InChI=1S/C10H14O3/c1-4-13-9-7-5-6-8(11-2)10(9)12-3/h5-7H,4H2,1-3H3. The summed E-state index contributed by atoms with van der Waals surface area (Å²) in [5.41, 5.74) is 0. The fourth-order valence-corrected chi connectivity index (χ4v) is 1.13. The Bertz CT molecular complexity index is 271. The van der Waals surface area contributed by atoms with E-state index in [-0.39, 0.29) is 0 Å². The van der Waals surface area contributed by atoms with Crippen molar-refractivity contribution in [3.8, 4) is 17.2 Å². The molecular formula is C10H14O3. The topological polar surface area (TPSA) is 27.7 Å². The van der Waals surface area contributed by atoms with Crippen LogP contribution in [0, 0.1) is 0 Å². The van der Waals surface area contributed by atoms with E-state index < -0.39 is 0 Å². The SMILES string of the molecule is CCOc1cccc(OC)c1OC. The summed E-state index contributed by atoms with van der Waals surface area (Å²) in [5.74, 6) is 2.05. The van der Waals surface area contributed by atoms with E-state index in [0.717, 1.165) is 0 Å². The molecular weight excluding hydrogens is 168 g/mol. The second kappa shape index (κ2) is 4.60. The Morgan fingerprint density at radius 1 is 1.08 bits per heavy atom. The first kappa shape index (κ1) is 9.71. The number of hydrogen-bond donors (Lipinski definition) is 0. The maximum absolute atomic E-state index is 5.37. The van der Waals surface area contributed by atoms with Crippen LogP contribution in [0.25, 0.3) is 0 Å². The summed E-state index contributed by atoms with van der Waals surface area (Å²) >= 11 is 0. The molecule has 1 aromatic carbocycles. The van der Waals surface area contributed by atoms with Crippen LogP contribution in [0.4, 0.5) is 0 Å². The van der Waals surface area contributed by atoms with Crippen LogP contribution < -0.4 is 14.2 Å². The molecule has 1 rings (SSSR count). The van der Waals surface area contributed by atoms with E-state index in [4.69, 9.17) is 14.2 Å². The Hall–Kier alpha value is -1.38. The molecule has 0 saturated heterocycles. The smallest absolute Gasteiger partial charge is 0.203 e. The highest BCUT2D eigenvalue weighted by molar-refractivity contribution is 5.50. The Kier molecular flexibility index (Phi) is 3.43. The van der Waals surface area contributed by atoms with E-state index in [1.54, 1.807) is 14.2 Å². The molecule has 0 aromatic heterocycles. The van der Waals surface area contributed by atoms with Crippen molar-refractivity contribution in [1.82, 2.24) is 0 Å². The lowest BCUT2D eigenvalue weighted by molar-refractivity contribution is 0.296. The Morgan fingerprint density at radius 2 is 1.77 bits per heavy atom. The summed E-state index contributed by atoms with van der Waals surface area (Å²) in [6.07, 6.45) is 0. The van der Waals surface area contributed by atoms with Gasteiger partial charge < -0.3 is 14.2 Å². The highest BCUT2D eigenvalue weighted by atomic mass is 16.5. The minimum absolute atomic E-state index is 0.615. The Labute approximate surface area is 78.2 Å². The first-order valence-electron chi connectivity index (χ1n) is 4.17. The molecule has 0 aliphatic rings.